The second kappa shape index (κ2) is 3.03. The number of rotatable bonds is 1. The van der Waals surface area contributed by atoms with Crippen LogP contribution in [0.25, 0.3) is 6.08 Å². The van der Waals surface area contributed by atoms with Gasteiger partial charge in [-0.05, 0) is 31.6 Å². The van der Waals surface area contributed by atoms with Crippen molar-refractivity contribution in [2.24, 2.45) is 0 Å². The van der Waals surface area contributed by atoms with E-state index in [4.69, 9.17) is 0 Å². The first kappa shape index (κ1) is 10.1. The number of carbonyl (C=O) groups excluding carboxylic acids is 1. The topological polar surface area (TPSA) is 51.2 Å². The van der Waals surface area contributed by atoms with Crippen LogP contribution in [0.1, 0.15) is 29.8 Å². The molecule has 15 heavy (non-hydrogen) atoms. The molecule has 4 heteroatoms. The van der Waals surface area contributed by atoms with E-state index in [1.165, 1.54) is 13.0 Å². The van der Waals surface area contributed by atoms with Crippen LogP contribution in [-0.2, 0) is 9.84 Å². The lowest BCUT2D eigenvalue weighted by molar-refractivity contribution is 0.101. The third kappa shape index (κ3) is 1.41. The maximum absolute atomic E-state index is 11.8. The molecular formula is C11H10O3S. The van der Waals surface area contributed by atoms with Gasteiger partial charge in [-0.3, -0.25) is 4.79 Å². The number of carbonyl (C=O) groups is 1. The summed E-state index contributed by atoms with van der Waals surface area (Å²) in [6, 6.07) is 4.76. The Morgan fingerprint density at radius 1 is 1.27 bits per heavy atom. The van der Waals surface area contributed by atoms with E-state index >= 15 is 0 Å². The van der Waals surface area contributed by atoms with Crippen molar-refractivity contribution in [3.05, 3.63) is 34.2 Å². The summed E-state index contributed by atoms with van der Waals surface area (Å²) in [6.07, 6.45) is 1.62. The van der Waals surface area contributed by atoms with Crippen molar-refractivity contribution in [2.45, 2.75) is 18.7 Å². The van der Waals surface area contributed by atoms with E-state index in [-0.39, 0.29) is 10.7 Å². The molecule has 1 aromatic rings. The standard InChI is InChI=1S/C11H10O3S/c1-7-5-10-4-3-9(8(2)12)6-11(10)15(7,13)14/h3-6H,1-2H3. The maximum atomic E-state index is 11.8. The fraction of sp³-hybridized carbons (Fsp3) is 0.182. The lowest BCUT2D eigenvalue weighted by atomic mass is 10.1. The number of hydrogen-bond acceptors (Lipinski definition) is 3. The van der Waals surface area contributed by atoms with Crippen LogP contribution in [0.15, 0.2) is 28.0 Å². The number of fused-ring (bicyclic) bond motifs is 1. The number of sulfone groups is 1. The van der Waals surface area contributed by atoms with Crippen LogP contribution in [0.5, 0.6) is 0 Å². The van der Waals surface area contributed by atoms with Crippen LogP contribution >= 0.6 is 0 Å². The van der Waals surface area contributed by atoms with Gasteiger partial charge in [0.2, 0.25) is 9.84 Å². The fourth-order valence-electron chi connectivity index (χ4n) is 1.58. The zero-order valence-electron chi connectivity index (χ0n) is 8.44. The molecule has 0 aliphatic carbocycles. The van der Waals surface area contributed by atoms with Crippen molar-refractivity contribution in [2.75, 3.05) is 0 Å². The normalized spacial score (nSPS) is 17.1. The van der Waals surface area contributed by atoms with E-state index in [1.54, 1.807) is 25.1 Å². The number of ketones is 1. The first-order valence-corrected chi connectivity index (χ1v) is 5.99. The number of allylic oxidation sites excluding steroid dienone is 1. The highest BCUT2D eigenvalue weighted by Crippen LogP contribution is 2.32. The van der Waals surface area contributed by atoms with Crippen molar-refractivity contribution >= 4 is 21.7 Å². The maximum Gasteiger partial charge on any atom is 0.203 e. The molecule has 0 saturated heterocycles. The molecule has 1 aliphatic heterocycles. The SMILES string of the molecule is CC(=O)c1ccc2c(c1)S(=O)(=O)C(C)=C2. The minimum atomic E-state index is -3.33. The highest BCUT2D eigenvalue weighted by atomic mass is 32.2. The van der Waals surface area contributed by atoms with Gasteiger partial charge in [0.25, 0.3) is 0 Å². The first-order chi connectivity index (χ1) is 6.93. The zero-order valence-corrected chi connectivity index (χ0v) is 9.26. The molecule has 0 saturated carbocycles. The van der Waals surface area contributed by atoms with E-state index < -0.39 is 9.84 Å². The Morgan fingerprint density at radius 2 is 1.93 bits per heavy atom. The predicted molar refractivity (Wildman–Crippen MR) is 57.3 cm³/mol. The minimum absolute atomic E-state index is 0.127. The third-order valence-electron chi connectivity index (χ3n) is 2.49. The Kier molecular flexibility index (Phi) is 2.04. The van der Waals surface area contributed by atoms with Gasteiger partial charge >= 0.3 is 0 Å². The van der Waals surface area contributed by atoms with E-state index in [1.807, 2.05) is 0 Å². The molecule has 0 atom stereocenters. The predicted octanol–water partition coefficient (Wildman–Crippen LogP) is 2.04. The molecule has 1 aromatic carbocycles. The van der Waals surface area contributed by atoms with Gasteiger partial charge in [-0.2, -0.15) is 0 Å². The molecule has 1 aliphatic rings. The molecule has 1 heterocycles. The molecular weight excluding hydrogens is 212 g/mol. The zero-order chi connectivity index (χ0) is 11.2. The Bertz CT molecular complexity index is 580. The Labute approximate surface area is 88.3 Å². The summed E-state index contributed by atoms with van der Waals surface area (Å²) in [5, 5.41) is 0. The summed E-state index contributed by atoms with van der Waals surface area (Å²) in [5.74, 6) is -0.127. The molecule has 0 fully saturated rings. The summed E-state index contributed by atoms with van der Waals surface area (Å²) in [4.78, 5) is 11.7. The molecule has 2 rings (SSSR count). The van der Waals surface area contributed by atoms with Crippen molar-refractivity contribution in [3.8, 4) is 0 Å². The van der Waals surface area contributed by atoms with Crippen LogP contribution in [-0.4, -0.2) is 14.2 Å². The van der Waals surface area contributed by atoms with Gasteiger partial charge in [-0.25, -0.2) is 8.42 Å². The molecule has 78 valence electrons. The van der Waals surface area contributed by atoms with Crippen molar-refractivity contribution in [1.82, 2.24) is 0 Å². The van der Waals surface area contributed by atoms with Gasteiger partial charge in [-0.15, -0.1) is 0 Å². The van der Waals surface area contributed by atoms with Crippen LogP contribution in [0, 0.1) is 0 Å². The molecule has 0 unspecified atom stereocenters. The van der Waals surface area contributed by atoms with Crippen molar-refractivity contribution in [3.63, 3.8) is 0 Å². The minimum Gasteiger partial charge on any atom is -0.295 e. The summed E-state index contributed by atoms with van der Waals surface area (Å²) in [6.45, 7) is 2.98. The van der Waals surface area contributed by atoms with E-state index in [9.17, 15) is 13.2 Å². The largest absolute Gasteiger partial charge is 0.295 e. The molecule has 0 radical (unpaired) electrons. The number of Topliss-reactive ketones (excluding diaryl/α,β-unsaturated/α-hetero) is 1. The van der Waals surface area contributed by atoms with Gasteiger partial charge in [0.05, 0.1) is 4.90 Å². The number of benzene rings is 1. The van der Waals surface area contributed by atoms with Crippen molar-refractivity contribution < 1.29 is 13.2 Å². The average Bonchev–Trinajstić information content (AvgIpc) is 2.38. The van der Waals surface area contributed by atoms with Crippen LogP contribution < -0.4 is 0 Å². The summed E-state index contributed by atoms with van der Waals surface area (Å²) < 4.78 is 23.6. The van der Waals surface area contributed by atoms with Gasteiger partial charge in [0.1, 0.15) is 0 Å². The van der Waals surface area contributed by atoms with Gasteiger partial charge < -0.3 is 0 Å². The van der Waals surface area contributed by atoms with Crippen LogP contribution in [0.3, 0.4) is 0 Å². The lowest BCUT2D eigenvalue weighted by Crippen LogP contribution is -2.00. The Hall–Kier alpha value is -1.42. The fourth-order valence-corrected chi connectivity index (χ4v) is 2.92. The van der Waals surface area contributed by atoms with E-state index in [0.717, 1.165) is 0 Å². The Balaban J connectivity index is 2.71. The molecule has 0 spiro atoms. The lowest BCUT2D eigenvalue weighted by Gasteiger charge is -2.01. The molecule has 0 amide bonds. The Morgan fingerprint density at radius 3 is 2.53 bits per heavy atom. The summed E-state index contributed by atoms with van der Waals surface area (Å²) >= 11 is 0. The van der Waals surface area contributed by atoms with Crippen molar-refractivity contribution in [1.29, 1.82) is 0 Å². The van der Waals surface area contributed by atoms with Gasteiger partial charge in [0, 0.05) is 10.5 Å². The first-order valence-electron chi connectivity index (χ1n) is 4.51. The summed E-state index contributed by atoms with van der Waals surface area (Å²) in [5.41, 5.74) is 1.10. The van der Waals surface area contributed by atoms with Gasteiger partial charge in [-0.1, -0.05) is 12.1 Å². The molecule has 0 bridgehead atoms. The smallest absolute Gasteiger partial charge is 0.203 e. The van der Waals surface area contributed by atoms with E-state index in [0.29, 0.717) is 16.0 Å². The quantitative estimate of drug-likeness (QED) is 0.683. The molecule has 3 nitrogen and oxygen atoms in total. The highest BCUT2D eigenvalue weighted by Gasteiger charge is 2.26. The molecule has 0 aromatic heterocycles. The average molecular weight is 222 g/mol. The monoisotopic (exact) mass is 222 g/mol. The van der Waals surface area contributed by atoms with Gasteiger partial charge in [0.15, 0.2) is 5.78 Å². The van der Waals surface area contributed by atoms with Crippen LogP contribution in [0.2, 0.25) is 0 Å². The molecule has 0 N–H and O–H groups in total. The highest BCUT2D eigenvalue weighted by molar-refractivity contribution is 7.95. The number of hydrogen-bond donors (Lipinski definition) is 0. The summed E-state index contributed by atoms with van der Waals surface area (Å²) in [7, 11) is -3.33. The third-order valence-corrected chi connectivity index (χ3v) is 4.39. The van der Waals surface area contributed by atoms with Crippen LogP contribution in [0.4, 0.5) is 0 Å². The second-order valence-corrected chi connectivity index (χ2v) is 5.66. The second-order valence-electron chi connectivity index (χ2n) is 3.57. The van der Waals surface area contributed by atoms with E-state index in [2.05, 4.69) is 0 Å².